The highest BCUT2D eigenvalue weighted by Gasteiger charge is 2.19. The van der Waals surface area contributed by atoms with Gasteiger partial charge in [-0.3, -0.25) is 0 Å². The van der Waals surface area contributed by atoms with Crippen LogP contribution in [-0.2, 0) is 0 Å². The van der Waals surface area contributed by atoms with E-state index in [-0.39, 0.29) is 0 Å². The molecule has 3 heterocycles. The van der Waals surface area contributed by atoms with Gasteiger partial charge in [-0.1, -0.05) is 127 Å². The first-order valence-corrected chi connectivity index (χ1v) is 19.7. The monoisotopic (exact) mass is 742 g/mol. The number of rotatable bonds is 6. The lowest BCUT2D eigenvalue weighted by molar-refractivity contribution is 0.668. The van der Waals surface area contributed by atoms with E-state index in [2.05, 4.69) is 191 Å². The smallest absolute Gasteiger partial charge is 0.137 e. The summed E-state index contributed by atoms with van der Waals surface area (Å²) in [7, 11) is 0. The van der Waals surface area contributed by atoms with Crippen LogP contribution in [0, 0.1) is 0 Å². The van der Waals surface area contributed by atoms with Crippen molar-refractivity contribution in [2.45, 2.75) is 0 Å². The predicted molar refractivity (Wildman–Crippen MR) is 241 cm³/mol. The predicted octanol–water partition coefficient (Wildman–Crippen LogP) is 15.4. The van der Waals surface area contributed by atoms with Crippen LogP contribution in [0.5, 0.6) is 0 Å². The summed E-state index contributed by atoms with van der Waals surface area (Å²) in [6, 6.07) is 73.3. The first-order chi connectivity index (χ1) is 28.7. The topological polar surface area (TPSA) is 34.5 Å². The first kappa shape index (κ1) is 32.4. The molecule has 0 amide bonds. The van der Waals surface area contributed by atoms with Crippen LogP contribution in [0.15, 0.2) is 215 Å². The fraction of sp³-hybridized carbons (Fsp3) is 0. The molecular formula is C54H34N2O2. The molecule has 0 N–H and O–H groups in total. The molecule has 0 aliphatic carbocycles. The lowest BCUT2D eigenvalue weighted by atomic mass is 9.98. The molecule has 0 fully saturated rings. The third-order valence-corrected chi connectivity index (χ3v) is 11.6. The molecule has 4 nitrogen and oxygen atoms in total. The van der Waals surface area contributed by atoms with E-state index in [1.54, 1.807) is 0 Å². The Balaban J connectivity index is 0.929. The van der Waals surface area contributed by atoms with Crippen molar-refractivity contribution in [1.29, 1.82) is 0 Å². The van der Waals surface area contributed by atoms with Gasteiger partial charge < -0.3 is 18.3 Å². The van der Waals surface area contributed by atoms with Gasteiger partial charge in [-0.2, -0.15) is 0 Å². The summed E-state index contributed by atoms with van der Waals surface area (Å²) >= 11 is 0. The minimum Gasteiger partial charge on any atom is -0.456 e. The molecule has 0 atom stereocenters. The quantitative estimate of drug-likeness (QED) is 0.170. The van der Waals surface area contributed by atoms with Crippen molar-refractivity contribution in [3.63, 3.8) is 0 Å². The SMILES string of the molecule is c1ccc(-n2c3ccccc3c3ccccc32)c(-c2ccc(-c3ccc(N(c4ccc5c(c4)oc4ccccc45)c4ccc5oc6ccccc6c5c4)cc3)cc2)c1. The molecule has 3 aromatic heterocycles. The second-order valence-electron chi connectivity index (χ2n) is 14.9. The van der Waals surface area contributed by atoms with Gasteiger partial charge in [0.1, 0.15) is 22.3 Å². The number of para-hydroxylation sites is 5. The van der Waals surface area contributed by atoms with Crippen molar-refractivity contribution in [2.75, 3.05) is 4.90 Å². The molecule has 58 heavy (non-hydrogen) atoms. The van der Waals surface area contributed by atoms with Crippen molar-refractivity contribution in [3.05, 3.63) is 206 Å². The second-order valence-corrected chi connectivity index (χ2v) is 14.9. The number of anilines is 3. The van der Waals surface area contributed by atoms with Crippen molar-refractivity contribution >= 4 is 82.7 Å². The fourth-order valence-electron chi connectivity index (χ4n) is 8.89. The van der Waals surface area contributed by atoms with E-state index in [1.807, 2.05) is 24.3 Å². The Morgan fingerprint density at radius 1 is 0.310 bits per heavy atom. The number of hydrogen-bond acceptors (Lipinski definition) is 3. The molecule has 0 unspecified atom stereocenters. The molecule has 0 saturated carbocycles. The highest BCUT2D eigenvalue weighted by molar-refractivity contribution is 6.10. The number of fused-ring (bicyclic) bond motifs is 9. The molecule has 12 aromatic rings. The van der Waals surface area contributed by atoms with Gasteiger partial charge in [-0.25, -0.2) is 0 Å². The zero-order valence-corrected chi connectivity index (χ0v) is 31.3. The van der Waals surface area contributed by atoms with E-state index in [1.165, 1.54) is 38.6 Å². The van der Waals surface area contributed by atoms with Gasteiger partial charge in [-0.15, -0.1) is 0 Å². The Morgan fingerprint density at radius 2 is 0.776 bits per heavy atom. The van der Waals surface area contributed by atoms with Gasteiger partial charge >= 0.3 is 0 Å². The molecule has 9 aromatic carbocycles. The summed E-state index contributed by atoms with van der Waals surface area (Å²) in [5, 5.41) is 6.93. The van der Waals surface area contributed by atoms with Gasteiger partial charge in [0.25, 0.3) is 0 Å². The van der Waals surface area contributed by atoms with E-state index in [0.29, 0.717) is 0 Å². The Morgan fingerprint density at radius 3 is 1.48 bits per heavy atom. The van der Waals surface area contributed by atoms with E-state index < -0.39 is 0 Å². The molecule has 0 spiro atoms. The lowest BCUT2D eigenvalue weighted by Crippen LogP contribution is -2.09. The summed E-state index contributed by atoms with van der Waals surface area (Å²) < 4.78 is 15.0. The number of nitrogens with zero attached hydrogens (tertiary/aromatic N) is 2. The van der Waals surface area contributed by atoms with Crippen LogP contribution in [0.4, 0.5) is 17.1 Å². The van der Waals surface area contributed by atoms with Crippen LogP contribution in [0.2, 0.25) is 0 Å². The van der Waals surface area contributed by atoms with E-state index in [4.69, 9.17) is 8.83 Å². The number of furan rings is 2. The molecule has 0 aliphatic rings. The van der Waals surface area contributed by atoms with E-state index in [0.717, 1.165) is 72.1 Å². The third-order valence-electron chi connectivity index (χ3n) is 11.6. The first-order valence-electron chi connectivity index (χ1n) is 19.7. The maximum absolute atomic E-state index is 6.37. The average molecular weight is 743 g/mol. The minimum absolute atomic E-state index is 0.856. The van der Waals surface area contributed by atoms with Gasteiger partial charge in [0.05, 0.1) is 16.7 Å². The average Bonchev–Trinajstić information content (AvgIpc) is 3.96. The van der Waals surface area contributed by atoms with Gasteiger partial charge in [0, 0.05) is 61.0 Å². The lowest BCUT2D eigenvalue weighted by Gasteiger charge is -2.25. The highest BCUT2D eigenvalue weighted by Crippen LogP contribution is 2.42. The van der Waals surface area contributed by atoms with Crippen molar-refractivity contribution in [1.82, 2.24) is 4.57 Å². The van der Waals surface area contributed by atoms with Crippen molar-refractivity contribution in [3.8, 4) is 27.9 Å². The molecule has 0 saturated heterocycles. The van der Waals surface area contributed by atoms with Crippen LogP contribution in [0.25, 0.3) is 93.6 Å². The fourth-order valence-corrected chi connectivity index (χ4v) is 8.89. The van der Waals surface area contributed by atoms with E-state index in [9.17, 15) is 0 Å². The third kappa shape index (κ3) is 5.09. The number of benzene rings is 9. The maximum Gasteiger partial charge on any atom is 0.137 e. The zero-order valence-electron chi connectivity index (χ0n) is 31.3. The molecule has 0 aliphatic heterocycles. The van der Waals surface area contributed by atoms with Crippen LogP contribution in [-0.4, -0.2) is 4.57 Å². The Bertz CT molecular complexity index is 3460. The molecule has 12 rings (SSSR count). The minimum atomic E-state index is 0.856. The zero-order chi connectivity index (χ0) is 38.2. The Kier molecular flexibility index (Phi) is 7.20. The van der Waals surface area contributed by atoms with Crippen molar-refractivity contribution in [2.24, 2.45) is 0 Å². The maximum atomic E-state index is 6.37. The van der Waals surface area contributed by atoms with Gasteiger partial charge in [0.15, 0.2) is 0 Å². The Labute approximate surface area is 334 Å². The largest absolute Gasteiger partial charge is 0.456 e. The number of aromatic nitrogens is 1. The molecule has 4 heteroatoms. The summed E-state index contributed by atoms with van der Waals surface area (Å²) in [5.41, 5.74) is 14.8. The Hall–Kier alpha value is -7.82. The second kappa shape index (κ2) is 12.9. The molecular weight excluding hydrogens is 709 g/mol. The summed E-state index contributed by atoms with van der Waals surface area (Å²) in [4.78, 5) is 2.30. The van der Waals surface area contributed by atoms with Crippen molar-refractivity contribution < 1.29 is 8.83 Å². The summed E-state index contributed by atoms with van der Waals surface area (Å²) in [6.45, 7) is 0. The highest BCUT2D eigenvalue weighted by atomic mass is 16.3. The summed E-state index contributed by atoms with van der Waals surface area (Å²) in [5.74, 6) is 0. The number of hydrogen-bond donors (Lipinski definition) is 0. The van der Waals surface area contributed by atoms with Gasteiger partial charge in [0.2, 0.25) is 0 Å². The van der Waals surface area contributed by atoms with E-state index >= 15 is 0 Å². The molecule has 0 bridgehead atoms. The molecule has 272 valence electrons. The van der Waals surface area contributed by atoms with Crippen LogP contribution < -0.4 is 4.90 Å². The van der Waals surface area contributed by atoms with Crippen LogP contribution >= 0.6 is 0 Å². The standard InChI is InChI=1S/C54H34N2O2/c1-6-16-48(56-49-17-7-2-12-42(49)43-13-3-8-18-50(43)56)41(11-1)37-23-21-35(22-24-37)36-25-27-38(28-26-36)55(39-30-32-53-47(33-39)45-15-5-10-20-52(45)57-53)40-29-31-46-44-14-4-9-19-51(44)58-54(46)34-40/h1-34H. The normalized spacial score (nSPS) is 11.8. The van der Waals surface area contributed by atoms with Crippen LogP contribution in [0.3, 0.4) is 0 Å². The van der Waals surface area contributed by atoms with Crippen LogP contribution in [0.1, 0.15) is 0 Å². The summed E-state index contributed by atoms with van der Waals surface area (Å²) in [6.07, 6.45) is 0. The molecule has 0 radical (unpaired) electrons. The van der Waals surface area contributed by atoms with Gasteiger partial charge in [-0.05, 0) is 89.5 Å².